The van der Waals surface area contributed by atoms with E-state index in [-0.39, 0.29) is 10.8 Å². The molecule has 0 saturated carbocycles. The molecule has 1 aromatic heterocycles. The highest BCUT2D eigenvalue weighted by molar-refractivity contribution is 7.89. The van der Waals surface area contributed by atoms with E-state index in [0.717, 1.165) is 12.0 Å². The lowest BCUT2D eigenvalue weighted by molar-refractivity contribution is 0.265. The molecule has 3 aromatic rings. The molecule has 0 N–H and O–H groups in total. The lowest BCUT2D eigenvalue weighted by atomic mass is 10.00. The number of hydrogen-bond donors (Lipinski definition) is 0. The average molecular weight is 434 g/mol. The summed E-state index contributed by atoms with van der Waals surface area (Å²) in [7, 11) is -2.01. The van der Waals surface area contributed by atoms with Crippen LogP contribution in [0.5, 0.6) is 5.75 Å². The molecule has 9 heteroatoms. The van der Waals surface area contributed by atoms with E-state index in [9.17, 15) is 8.42 Å². The second kappa shape index (κ2) is 8.14. The van der Waals surface area contributed by atoms with Gasteiger partial charge in [0.1, 0.15) is 5.75 Å². The molecular formula is C20H20ClN3O4S. The fraction of sp³-hybridized carbons (Fsp3) is 0.300. The molecule has 29 heavy (non-hydrogen) atoms. The van der Waals surface area contributed by atoms with Gasteiger partial charge in [0, 0.05) is 23.7 Å². The van der Waals surface area contributed by atoms with Gasteiger partial charge in [-0.25, -0.2) is 8.42 Å². The quantitative estimate of drug-likeness (QED) is 0.605. The molecule has 1 aliphatic rings. The number of ether oxygens (including phenoxy) is 1. The largest absolute Gasteiger partial charge is 0.497 e. The highest BCUT2D eigenvalue weighted by Gasteiger charge is 2.33. The standard InChI is InChI=1S/C20H20ClN3O4S/c1-27-17-6-2-4-14(12-17)19-22-20(28-23-19)15-5-3-11-24(13-15)29(25,26)18-9-7-16(21)8-10-18/h2,4,6-10,12,15H,3,5,11,13H2,1H3/t15-/m0/s1. The number of piperidine rings is 1. The molecule has 2 aromatic carbocycles. The maximum absolute atomic E-state index is 13.0. The maximum Gasteiger partial charge on any atom is 0.243 e. The molecule has 152 valence electrons. The van der Waals surface area contributed by atoms with E-state index in [4.69, 9.17) is 20.9 Å². The molecule has 1 saturated heterocycles. The first-order valence-corrected chi connectivity index (χ1v) is 11.0. The van der Waals surface area contributed by atoms with Crippen LogP contribution in [0.3, 0.4) is 0 Å². The molecule has 1 fully saturated rings. The van der Waals surface area contributed by atoms with Crippen molar-refractivity contribution in [2.24, 2.45) is 0 Å². The third kappa shape index (κ3) is 4.14. The van der Waals surface area contributed by atoms with Crippen molar-refractivity contribution in [3.05, 3.63) is 59.4 Å². The number of hydrogen-bond acceptors (Lipinski definition) is 6. The van der Waals surface area contributed by atoms with Crippen LogP contribution in [0.2, 0.25) is 5.02 Å². The predicted octanol–water partition coefficient (Wildman–Crippen LogP) is 3.97. The molecule has 1 aliphatic heterocycles. The van der Waals surface area contributed by atoms with Crippen LogP contribution in [-0.4, -0.2) is 43.1 Å². The van der Waals surface area contributed by atoms with Crippen molar-refractivity contribution < 1.29 is 17.7 Å². The van der Waals surface area contributed by atoms with Crippen LogP contribution in [0.15, 0.2) is 57.9 Å². The van der Waals surface area contributed by atoms with Crippen LogP contribution in [0.4, 0.5) is 0 Å². The Balaban J connectivity index is 1.54. The second-order valence-electron chi connectivity index (χ2n) is 6.84. The molecule has 0 amide bonds. The molecule has 0 unspecified atom stereocenters. The van der Waals surface area contributed by atoms with Crippen molar-refractivity contribution in [3.8, 4) is 17.1 Å². The number of halogens is 1. The number of aromatic nitrogens is 2. The van der Waals surface area contributed by atoms with Crippen LogP contribution in [0.25, 0.3) is 11.4 Å². The summed E-state index contributed by atoms with van der Waals surface area (Å²) >= 11 is 5.88. The van der Waals surface area contributed by atoms with Crippen molar-refractivity contribution in [2.75, 3.05) is 20.2 Å². The Hall–Kier alpha value is -2.42. The van der Waals surface area contributed by atoms with E-state index in [1.165, 1.54) is 16.4 Å². The van der Waals surface area contributed by atoms with Crippen LogP contribution < -0.4 is 4.74 Å². The number of methoxy groups -OCH3 is 1. The van der Waals surface area contributed by atoms with Crippen LogP contribution in [0, 0.1) is 0 Å². The Kier molecular flexibility index (Phi) is 5.58. The van der Waals surface area contributed by atoms with E-state index in [0.29, 0.717) is 42.0 Å². The van der Waals surface area contributed by atoms with Gasteiger partial charge in [-0.2, -0.15) is 9.29 Å². The van der Waals surface area contributed by atoms with Crippen molar-refractivity contribution in [2.45, 2.75) is 23.7 Å². The number of rotatable bonds is 5. The first-order chi connectivity index (χ1) is 14.0. The summed E-state index contributed by atoms with van der Waals surface area (Å²) in [5.74, 6) is 1.44. The summed E-state index contributed by atoms with van der Waals surface area (Å²) in [6, 6.07) is 13.6. The topological polar surface area (TPSA) is 85.5 Å². The molecule has 0 radical (unpaired) electrons. The summed E-state index contributed by atoms with van der Waals surface area (Å²) < 4.78 is 38.1. The van der Waals surface area contributed by atoms with Gasteiger partial charge < -0.3 is 9.26 Å². The summed E-state index contributed by atoms with van der Waals surface area (Å²) in [5, 5.41) is 4.56. The van der Waals surface area contributed by atoms with Crippen molar-refractivity contribution >= 4 is 21.6 Å². The molecule has 1 atom stereocenters. The summed E-state index contributed by atoms with van der Waals surface area (Å²) in [5.41, 5.74) is 0.779. The molecule has 4 rings (SSSR count). The normalized spacial score (nSPS) is 17.9. The minimum Gasteiger partial charge on any atom is -0.497 e. The SMILES string of the molecule is COc1cccc(-c2noc([C@H]3CCCN(S(=O)(=O)c4ccc(Cl)cc4)C3)n2)c1. The Bertz CT molecular complexity index is 1100. The number of nitrogens with zero attached hydrogens (tertiary/aromatic N) is 3. The Morgan fingerprint density at radius 1 is 1.21 bits per heavy atom. The zero-order valence-electron chi connectivity index (χ0n) is 15.8. The van der Waals surface area contributed by atoms with Gasteiger partial charge in [0.05, 0.1) is 17.9 Å². The molecule has 0 bridgehead atoms. The van der Waals surface area contributed by atoms with Crippen molar-refractivity contribution in [1.82, 2.24) is 14.4 Å². The maximum atomic E-state index is 13.0. The van der Waals surface area contributed by atoms with E-state index >= 15 is 0 Å². The molecule has 2 heterocycles. The Labute approximate surface area is 174 Å². The zero-order valence-corrected chi connectivity index (χ0v) is 17.4. The first-order valence-electron chi connectivity index (χ1n) is 9.21. The smallest absolute Gasteiger partial charge is 0.243 e. The highest BCUT2D eigenvalue weighted by Crippen LogP contribution is 2.31. The van der Waals surface area contributed by atoms with E-state index in [1.807, 2.05) is 24.3 Å². The molecular weight excluding hydrogens is 414 g/mol. The van der Waals surface area contributed by atoms with Crippen molar-refractivity contribution in [3.63, 3.8) is 0 Å². The van der Waals surface area contributed by atoms with Crippen LogP contribution >= 0.6 is 11.6 Å². The number of benzene rings is 2. The molecule has 7 nitrogen and oxygen atoms in total. The van der Waals surface area contributed by atoms with Gasteiger partial charge in [-0.15, -0.1) is 0 Å². The average Bonchev–Trinajstić information content (AvgIpc) is 3.25. The van der Waals surface area contributed by atoms with E-state index in [2.05, 4.69) is 10.1 Å². The third-order valence-electron chi connectivity index (χ3n) is 4.95. The van der Waals surface area contributed by atoms with Gasteiger partial charge in [-0.1, -0.05) is 28.9 Å². The minimum absolute atomic E-state index is 0.155. The zero-order chi connectivity index (χ0) is 20.4. The van der Waals surface area contributed by atoms with Gasteiger partial charge in [0.25, 0.3) is 0 Å². The summed E-state index contributed by atoms with van der Waals surface area (Å²) in [4.78, 5) is 4.74. The van der Waals surface area contributed by atoms with Crippen LogP contribution in [0.1, 0.15) is 24.7 Å². The fourth-order valence-corrected chi connectivity index (χ4v) is 5.05. The van der Waals surface area contributed by atoms with E-state index in [1.54, 1.807) is 19.2 Å². The van der Waals surface area contributed by atoms with Crippen LogP contribution in [-0.2, 0) is 10.0 Å². The first kappa shape index (κ1) is 19.9. The highest BCUT2D eigenvalue weighted by atomic mass is 35.5. The van der Waals surface area contributed by atoms with E-state index < -0.39 is 10.0 Å². The lowest BCUT2D eigenvalue weighted by Gasteiger charge is -2.30. The van der Waals surface area contributed by atoms with Gasteiger partial charge in [0.2, 0.25) is 21.7 Å². The summed E-state index contributed by atoms with van der Waals surface area (Å²) in [6.07, 6.45) is 1.50. The van der Waals surface area contributed by atoms with Gasteiger partial charge in [0.15, 0.2) is 0 Å². The van der Waals surface area contributed by atoms with Crippen molar-refractivity contribution in [1.29, 1.82) is 0 Å². The lowest BCUT2D eigenvalue weighted by Crippen LogP contribution is -2.39. The van der Waals surface area contributed by atoms with Gasteiger partial charge >= 0.3 is 0 Å². The minimum atomic E-state index is -3.61. The predicted molar refractivity (Wildman–Crippen MR) is 108 cm³/mol. The Morgan fingerprint density at radius 2 is 2.00 bits per heavy atom. The second-order valence-corrected chi connectivity index (χ2v) is 9.22. The molecule has 0 spiro atoms. The summed E-state index contributed by atoms with van der Waals surface area (Å²) in [6.45, 7) is 0.753. The van der Waals surface area contributed by atoms with Gasteiger partial charge in [-0.3, -0.25) is 0 Å². The third-order valence-corrected chi connectivity index (χ3v) is 7.09. The Morgan fingerprint density at radius 3 is 2.76 bits per heavy atom. The van der Waals surface area contributed by atoms with Gasteiger partial charge in [-0.05, 0) is 49.2 Å². The fourth-order valence-electron chi connectivity index (χ4n) is 3.40. The number of sulfonamides is 1. The molecule has 0 aliphatic carbocycles. The monoisotopic (exact) mass is 433 g/mol.